The van der Waals surface area contributed by atoms with Crippen LogP contribution in [0.3, 0.4) is 0 Å². The quantitative estimate of drug-likeness (QED) is 0.912. The normalized spacial score (nSPS) is 10.2. The van der Waals surface area contributed by atoms with Crippen molar-refractivity contribution in [3.05, 3.63) is 46.4 Å². The highest BCUT2D eigenvalue weighted by Gasteiger charge is 2.16. The molecule has 2 heterocycles. The zero-order valence-electron chi connectivity index (χ0n) is 11.1. The third-order valence-electron chi connectivity index (χ3n) is 2.87. The Kier molecular flexibility index (Phi) is 4.52. The van der Waals surface area contributed by atoms with Crippen LogP contribution in [0.25, 0.3) is 0 Å². The maximum atomic E-state index is 12.3. The lowest BCUT2D eigenvalue weighted by atomic mass is 10.3. The molecule has 100 valence electrons. The van der Waals surface area contributed by atoms with E-state index < -0.39 is 0 Å². The number of aromatic nitrogens is 1. The molecule has 0 radical (unpaired) electrons. The van der Waals surface area contributed by atoms with Gasteiger partial charge in [-0.05, 0) is 30.5 Å². The largest absolute Gasteiger partial charge is 0.387 e. The lowest BCUT2D eigenvalue weighted by Gasteiger charge is -2.19. The minimum absolute atomic E-state index is 0.0291. The number of pyridine rings is 1. The van der Waals surface area contributed by atoms with Gasteiger partial charge in [-0.1, -0.05) is 6.07 Å². The summed E-state index contributed by atoms with van der Waals surface area (Å²) in [5.74, 6) is -0.0291. The van der Waals surface area contributed by atoms with Gasteiger partial charge in [-0.15, -0.1) is 11.3 Å². The van der Waals surface area contributed by atoms with Crippen molar-refractivity contribution in [3.63, 3.8) is 0 Å². The lowest BCUT2D eigenvalue weighted by molar-refractivity contribution is 0.0748. The Balaban J connectivity index is 2.10. The number of thiophene rings is 1. The average molecular weight is 275 g/mol. The van der Waals surface area contributed by atoms with E-state index in [0.717, 1.165) is 5.69 Å². The first kappa shape index (κ1) is 13.5. The second-order valence-electron chi connectivity index (χ2n) is 4.08. The van der Waals surface area contributed by atoms with Crippen molar-refractivity contribution < 1.29 is 4.79 Å². The van der Waals surface area contributed by atoms with Crippen LogP contribution in [-0.2, 0) is 6.54 Å². The third kappa shape index (κ3) is 3.32. The van der Waals surface area contributed by atoms with Gasteiger partial charge in [0.15, 0.2) is 0 Å². The van der Waals surface area contributed by atoms with Crippen LogP contribution in [0.15, 0.2) is 35.8 Å². The molecule has 0 spiro atoms. The fourth-order valence-electron chi connectivity index (χ4n) is 1.75. The number of nitrogens with one attached hydrogen (secondary N) is 1. The molecule has 0 saturated heterocycles. The van der Waals surface area contributed by atoms with Crippen LogP contribution in [0.2, 0.25) is 0 Å². The summed E-state index contributed by atoms with van der Waals surface area (Å²) in [5, 5.41) is 5.01. The fraction of sp³-hybridized carbons (Fsp3) is 0.286. The van der Waals surface area contributed by atoms with Gasteiger partial charge in [-0.3, -0.25) is 4.79 Å². The number of anilines is 1. The lowest BCUT2D eigenvalue weighted by Crippen LogP contribution is -2.30. The second kappa shape index (κ2) is 6.33. The summed E-state index contributed by atoms with van der Waals surface area (Å²) in [6, 6.07) is 7.65. The van der Waals surface area contributed by atoms with Gasteiger partial charge in [0, 0.05) is 18.5 Å². The maximum absolute atomic E-state index is 12.3. The zero-order chi connectivity index (χ0) is 13.7. The predicted octanol–water partition coefficient (Wildman–Crippen LogP) is 2.85. The number of carbonyl (C=O) groups is 1. The summed E-state index contributed by atoms with van der Waals surface area (Å²) in [7, 11) is 1.83. The van der Waals surface area contributed by atoms with E-state index in [1.54, 1.807) is 28.5 Å². The maximum Gasteiger partial charge on any atom is 0.272 e. The summed E-state index contributed by atoms with van der Waals surface area (Å²) >= 11 is 1.66. The van der Waals surface area contributed by atoms with Crippen molar-refractivity contribution in [3.8, 4) is 0 Å². The van der Waals surface area contributed by atoms with Gasteiger partial charge in [0.05, 0.1) is 18.4 Å². The standard InChI is InChI=1S/C14H17N3OS/c1-3-17(10-12-5-4-8-19-12)14(18)13-7-6-11(15-2)9-16-13/h4-9,15H,3,10H2,1-2H3. The molecule has 0 fully saturated rings. The van der Waals surface area contributed by atoms with Gasteiger partial charge >= 0.3 is 0 Å². The molecule has 2 rings (SSSR count). The van der Waals surface area contributed by atoms with Crippen molar-refractivity contribution in [1.82, 2.24) is 9.88 Å². The number of nitrogens with zero attached hydrogens (tertiary/aromatic N) is 2. The van der Waals surface area contributed by atoms with Crippen molar-refractivity contribution in [2.45, 2.75) is 13.5 Å². The number of carbonyl (C=O) groups excluding carboxylic acids is 1. The van der Waals surface area contributed by atoms with E-state index >= 15 is 0 Å². The molecular formula is C14H17N3OS. The average Bonchev–Trinajstić information content (AvgIpc) is 2.97. The minimum atomic E-state index is -0.0291. The Morgan fingerprint density at radius 1 is 1.42 bits per heavy atom. The molecule has 2 aromatic rings. The summed E-state index contributed by atoms with van der Waals surface area (Å²) in [4.78, 5) is 19.5. The van der Waals surface area contributed by atoms with Crippen LogP contribution in [0, 0.1) is 0 Å². The summed E-state index contributed by atoms with van der Waals surface area (Å²) in [6.07, 6.45) is 1.67. The van der Waals surface area contributed by atoms with Gasteiger partial charge < -0.3 is 10.2 Å². The highest BCUT2D eigenvalue weighted by atomic mass is 32.1. The van der Waals surface area contributed by atoms with E-state index in [1.165, 1.54) is 4.88 Å². The van der Waals surface area contributed by atoms with E-state index in [1.807, 2.05) is 37.6 Å². The Morgan fingerprint density at radius 2 is 2.26 bits per heavy atom. The van der Waals surface area contributed by atoms with E-state index in [4.69, 9.17) is 0 Å². The summed E-state index contributed by atoms with van der Waals surface area (Å²) in [5.41, 5.74) is 1.38. The van der Waals surface area contributed by atoms with Crippen molar-refractivity contribution in [2.75, 3.05) is 18.9 Å². The van der Waals surface area contributed by atoms with Gasteiger partial charge in [-0.2, -0.15) is 0 Å². The topological polar surface area (TPSA) is 45.2 Å². The molecule has 0 aliphatic heterocycles. The highest BCUT2D eigenvalue weighted by molar-refractivity contribution is 7.09. The third-order valence-corrected chi connectivity index (χ3v) is 3.73. The van der Waals surface area contributed by atoms with E-state index in [0.29, 0.717) is 18.8 Å². The SMILES string of the molecule is CCN(Cc1cccs1)C(=O)c1ccc(NC)cn1. The van der Waals surface area contributed by atoms with Crippen LogP contribution < -0.4 is 5.32 Å². The zero-order valence-corrected chi connectivity index (χ0v) is 11.9. The highest BCUT2D eigenvalue weighted by Crippen LogP contribution is 2.14. The van der Waals surface area contributed by atoms with Crippen LogP contribution in [0.5, 0.6) is 0 Å². The molecule has 5 heteroatoms. The molecule has 19 heavy (non-hydrogen) atoms. The molecule has 0 bridgehead atoms. The molecule has 0 unspecified atom stereocenters. The molecule has 0 aromatic carbocycles. The van der Waals surface area contributed by atoms with Crippen LogP contribution >= 0.6 is 11.3 Å². The van der Waals surface area contributed by atoms with Crippen molar-refractivity contribution >= 4 is 22.9 Å². The van der Waals surface area contributed by atoms with Gasteiger partial charge in [0.2, 0.25) is 0 Å². The molecule has 4 nitrogen and oxygen atoms in total. The molecule has 2 aromatic heterocycles. The molecule has 0 saturated carbocycles. The first-order valence-corrected chi connectivity index (χ1v) is 7.08. The van der Waals surface area contributed by atoms with Crippen molar-refractivity contribution in [1.29, 1.82) is 0 Å². The summed E-state index contributed by atoms with van der Waals surface area (Å²) < 4.78 is 0. The van der Waals surface area contributed by atoms with E-state index in [-0.39, 0.29) is 5.91 Å². The first-order valence-electron chi connectivity index (χ1n) is 6.20. The van der Waals surface area contributed by atoms with Crippen LogP contribution in [-0.4, -0.2) is 29.4 Å². The van der Waals surface area contributed by atoms with Gasteiger partial charge in [0.25, 0.3) is 5.91 Å². The van der Waals surface area contributed by atoms with Crippen molar-refractivity contribution in [2.24, 2.45) is 0 Å². The molecular weight excluding hydrogens is 258 g/mol. The Morgan fingerprint density at radius 3 is 2.79 bits per heavy atom. The second-order valence-corrected chi connectivity index (χ2v) is 5.11. The van der Waals surface area contributed by atoms with E-state index in [2.05, 4.69) is 10.3 Å². The number of amides is 1. The Hall–Kier alpha value is -1.88. The molecule has 1 N–H and O–H groups in total. The monoisotopic (exact) mass is 275 g/mol. The Bertz CT molecular complexity index is 522. The summed E-state index contributed by atoms with van der Waals surface area (Å²) in [6.45, 7) is 3.29. The minimum Gasteiger partial charge on any atom is -0.387 e. The predicted molar refractivity (Wildman–Crippen MR) is 78.5 cm³/mol. The number of hydrogen-bond acceptors (Lipinski definition) is 4. The van der Waals surface area contributed by atoms with Crippen LogP contribution in [0.1, 0.15) is 22.3 Å². The van der Waals surface area contributed by atoms with E-state index in [9.17, 15) is 4.79 Å². The number of rotatable bonds is 5. The first-order chi connectivity index (χ1) is 9.24. The fourth-order valence-corrected chi connectivity index (χ4v) is 2.47. The molecule has 0 aliphatic carbocycles. The number of hydrogen-bond donors (Lipinski definition) is 1. The molecule has 1 amide bonds. The molecule has 0 atom stereocenters. The van der Waals surface area contributed by atoms with Gasteiger partial charge in [-0.25, -0.2) is 4.98 Å². The van der Waals surface area contributed by atoms with Gasteiger partial charge in [0.1, 0.15) is 5.69 Å². The van der Waals surface area contributed by atoms with Crippen LogP contribution in [0.4, 0.5) is 5.69 Å². The Labute approximate surface area is 117 Å². The smallest absolute Gasteiger partial charge is 0.272 e. The molecule has 0 aliphatic rings.